The van der Waals surface area contributed by atoms with Gasteiger partial charge in [-0.05, 0) is 31.5 Å². The second kappa shape index (κ2) is 5.33. The van der Waals surface area contributed by atoms with Crippen LogP contribution >= 0.6 is 0 Å². The summed E-state index contributed by atoms with van der Waals surface area (Å²) in [6.45, 7) is 5.72. The number of pyridine rings is 1. The molecule has 0 bridgehead atoms. The van der Waals surface area contributed by atoms with Gasteiger partial charge in [-0.1, -0.05) is 18.2 Å². The molecule has 0 amide bonds. The molecule has 1 N–H and O–H groups in total. The van der Waals surface area contributed by atoms with E-state index in [2.05, 4.69) is 29.5 Å². The normalized spacial score (nSPS) is 10.9. The molecule has 2 heterocycles. The van der Waals surface area contributed by atoms with Crippen LogP contribution in [0.2, 0.25) is 0 Å². The maximum atomic E-state index is 4.72. The molecule has 0 aliphatic heterocycles. The molecule has 3 aromatic rings. The van der Waals surface area contributed by atoms with Gasteiger partial charge in [-0.25, -0.2) is 4.98 Å². The summed E-state index contributed by atoms with van der Waals surface area (Å²) in [5.41, 5.74) is 3.35. The minimum Gasteiger partial charge on any atom is -0.370 e. The monoisotopic (exact) mass is 266 g/mol. The van der Waals surface area contributed by atoms with E-state index in [0.717, 1.165) is 35.4 Å². The SMILES string of the molecule is CCNc1nc2ccccc2cc1Cn1cc(C)cn1. The molecule has 4 heteroatoms. The number of fused-ring (bicyclic) bond motifs is 1. The van der Waals surface area contributed by atoms with E-state index >= 15 is 0 Å². The van der Waals surface area contributed by atoms with Crippen LogP contribution in [0.15, 0.2) is 42.7 Å². The Bertz CT molecular complexity index is 730. The van der Waals surface area contributed by atoms with Crippen LogP contribution in [0.4, 0.5) is 5.82 Å². The first-order valence-corrected chi connectivity index (χ1v) is 6.88. The average molecular weight is 266 g/mol. The molecule has 0 unspecified atom stereocenters. The van der Waals surface area contributed by atoms with Crippen LogP contribution < -0.4 is 5.32 Å². The summed E-state index contributed by atoms with van der Waals surface area (Å²) in [7, 11) is 0. The fourth-order valence-corrected chi connectivity index (χ4v) is 2.33. The van der Waals surface area contributed by atoms with Crippen LogP contribution in [0.5, 0.6) is 0 Å². The fourth-order valence-electron chi connectivity index (χ4n) is 2.33. The number of hydrogen-bond acceptors (Lipinski definition) is 3. The fraction of sp³-hybridized carbons (Fsp3) is 0.250. The van der Waals surface area contributed by atoms with E-state index in [4.69, 9.17) is 4.98 Å². The Hall–Kier alpha value is -2.36. The Morgan fingerprint density at radius 2 is 2.10 bits per heavy atom. The predicted molar refractivity (Wildman–Crippen MR) is 82.0 cm³/mol. The van der Waals surface area contributed by atoms with Crippen molar-refractivity contribution < 1.29 is 0 Å². The molecule has 0 fully saturated rings. The zero-order chi connectivity index (χ0) is 13.9. The molecule has 0 aliphatic rings. The first kappa shape index (κ1) is 12.7. The van der Waals surface area contributed by atoms with Gasteiger partial charge in [-0.3, -0.25) is 4.68 Å². The first-order chi connectivity index (χ1) is 9.76. The zero-order valence-electron chi connectivity index (χ0n) is 11.8. The smallest absolute Gasteiger partial charge is 0.131 e. The summed E-state index contributed by atoms with van der Waals surface area (Å²) < 4.78 is 1.95. The number of rotatable bonds is 4. The van der Waals surface area contributed by atoms with E-state index in [-0.39, 0.29) is 0 Å². The summed E-state index contributed by atoms with van der Waals surface area (Å²) in [4.78, 5) is 4.72. The van der Waals surface area contributed by atoms with Crippen molar-refractivity contribution in [1.29, 1.82) is 0 Å². The van der Waals surface area contributed by atoms with E-state index in [9.17, 15) is 0 Å². The highest BCUT2D eigenvalue weighted by atomic mass is 15.3. The van der Waals surface area contributed by atoms with Gasteiger partial charge >= 0.3 is 0 Å². The molecule has 0 saturated carbocycles. The predicted octanol–water partition coefficient (Wildman–Crippen LogP) is 3.22. The van der Waals surface area contributed by atoms with E-state index in [1.54, 1.807) is 0 Å². The minimum absolute atomic E-state index is 0.730. The van der Waals surface area contributed by atoms with Gasteiger partial charge in [-0.15, -0.1) is 0 Å². The summed E-state index contributed by atoms with van der Waals surface area (Å²) in [5.74, 6) is 0.944. The lowest BCUT2D eigenvalue weighted by Crippen LogP contribution is -2.08. The summed E-state index contributed by atoms with van der Waals surface area (Å²) >= 11 is 0. The number of anilines is 1. The number of aryl methyl sites for hydroxylation is 1. The molecular weight excluding hydrogens is 248 g/mol. The Morgan fingerprint density at radius 3 is 2.85 bits per heavy atom. The summed E-state index contributed by atoms with van der Waals surface area (Å²) in [5, 5.41) is 8.86. The highest BCUT2D eigenvalue weighted by Gasteiger charge is 2.07. The molecule has 3 rings (SSSR count). The van der Waals surface area contributed by atoms with Crippen molar-refractivity contribution in [1.82, 2.24) is 14.8 Å². The summed E-state index contributed by atoms with van der Waals surface area (Å²) in [6, 6.07) is 10.4. The topological polar surface area (TPSA) is 42.7 Å². The molecular formula is C16H18N4. The largest absolute Gasteiger partial charge is 0.370 e. The molecule has 1 aromatic carbocycles. The van der Waals surface area contributed by atoms with Gasteiger partial charge in [0.1, 0.15) is 5.82 Å². The number of aromatic nitrogens is 3. The molecule has 0 radical (unpaired) electrons. The van der Waals surface area contributed by atoms with Crippen LogP contribution in [0, 0.1) is 6.92 Å². The minimum atomic E-state index is 0.730. The Balaban J connectivity index is 2.04. The van der Waals surface area contributed by atoms with Crippen LogP contribution in [-0.2, 0) is 6.54 Å². The molecule has 20 heavy (non-hydrogen) atoms. The zero-order valence-corrected chi connectivity index (χ0v) is 11.8. The van der Waals surface area contributed by atoms with Gasteiger partial charge in [-0.2, -0.15) is 5.10 Å². The second-order valence-corrected chi connectivity index (χ2v) is 4.93. The quantitative estimate of drug-likeness (QED) is 0.788. The Labute approximate surface area is 118 Å². The Kier molecular flexibility index (Phi) is 3.37. The lowest BCUT2D eigenvalue weighted by atomic mass is 10.1. The van der Waals surface area contributed by atoms with Crippen molar-refractivity contribution in [3.63, 3.8) is 0 Å². The number of benzene rings is 1. The number of nitrogens with one attached hydrogen (secondary N) is 1. The molecule has 2 aromatic heterocycles. The van der Waals surface area contributed by atoms with Gasteiger partial charge in [0.15, 0.2) is 0 Å². The van der Waals surface area contributed by atoms with Crippen LogP contribution in [0.3, 0.4) is 0 Å². The van der Waals surface area contributed by atoms with Crippen molar-refractivity contribution in [2.75, 3.05) is 11.9 Å². The van der Waals surface area contributed by atoms with E-state index < -0.39 is 0 Å². The van der Waals surface area contributed by atoms with Gasteiger partial charge in [0.2, 0.25) is 0 Å². The third-order valence-corrected chi connectivity index (χ3v) is 3.24. The van der Waals surface area contributed by atoms with Crippen LogP contribution in [0.25, 0.3) is 10.9 Å². The first-order valence-electron chi connectivity index (χ1n) is 6.88. The van der Waals surface area contributed by atoms with Gasteiger partial charge in [0.05, 0.1) is 18.3 Å². The highest BCUT2D eigenvalue weighted by Crippen LogP contribution is 2.21. The number of para-hydroxylation sites is 1. The highest BCUT2D eigenvalue weighted by molar-refractivity contribution is 5.81. The maximum Gasteiger partial charge on any atom is 0.131 e. The van der Waals surface area contributed by atoms with Crippen LogP contribution in [-0.4, -0.2) is 21.3 Å². The van der Waals surface area contributed by atoms with Crippen molar-refractivity contribution in [2.24, 2.45) is 0 Å². The lowest BCUT2D eigenvalue weighted by molar-refractivity contribution is 0.686. The van der Waals surface area contributed by atoms with Crippen LogP contribution in [0.1, 0.15) is 18.1 Å². The average Bonchev–Trinajstić information content (AvgIpc) is 2.85. The Morgan fingerprint density at radius 1 is 1.25 bits per heavy atom. The van der Waals surface area contributed by atoms with E-state index in [1.165, 1.54) is 5.56 Å². The molecule has 0 aliphatic carbocycles. The van der Waals surface area contributed by atoms with Gasteiger partial charge < -0.3 is 5.32 Å². The number of nitrogens with zero attached hydrogens (tertiary/aromatic N) is 3. The third kappa shape index (κ3) is 2.50. The second-order valence-electron chi connectivity index (χ2n) is 4.93. The summed E-state index contributed by atoms with van der Waals surface area (Å²) in [6.07, 6.45) is 3.92. The molecule has 0 atom stereocenters. The van der Waals surface area contributed by atoms with Crippen molar-refractivity contribution in [2.45, 2.75) is 20.4 Å². The lowest BCUT2D eigenvalue weighted by Gasteiger charge is -2.11. The molecule has 102 valence electrons. The maximum absolute atomic E-state index is 4.72. The molecule has 4 nitrogen and oxygen atoms in total. The van der Waals surface area contributed by atoms with E-state index in [1.807, 2.05) is 42.2 Å². The van der Waals surface area contributed by atoms with Crippen molar-refractivity contribution in [3.8, 4) is 0 Å². The molecule has 0 saturated heterocycles. The third-order valence-electron chi connectivity index (χ3n) is 3.24. The van der Waals surface area contributed by atoms with Crippen molar-refractivity contribution >= 4 is 16.7 Å². The standard InChI is InChI=1S/C16H18N4/c1-3-17-16-14(11-20-10-12(2)9-18-20)8-13-6-4-5-7-15(13)19-16/h4-10H,3,11H2,1-2H3,(H,17,19). The van der Waals surface area contributed by atoms with Gasteiger partial charge in [0, 0.05) is 23.7 Å². The van der Waals surface area contributed by atoms with Gasteiger partial charge in [0.25, 0.3) is 0 Å². The van der Waals surface area contributed by atoms with Crippen molar-refractivity contribution in [3.05, 3.63) is 53.9 Å². The number of hydrogen-bond donors (Lipinski definition) is 1. The molecule has 0 spiro atoms. The van der Waals surface area contributed by atoms with E-state index in [0.29, 0.717) is 0 Å².